The first kappa shape index (κ1) is 14.3. The molecule has 1 heterocycles. The van der Waals surface area contributed by atoms with Gasteiger partial charge in [-0.05, 0) is 40.5 Å². The second kappa shape index (κ2) is 6.86. The molecule has 0 unspecified atom stereocenters. The molecule has 0 spiro atoms. The van der Waals surface area contributed by atoms with Gasteiger partial charge >= 0.3 is 0 Å². The van der Waals surface area contributed by atoms with Crippen molar-refractivity contribution in [3.05, 3.63) is 51.4 Å². The third-order valence-electron chi connectivity index (χ3n) is 2.61. The number of carbonyl (C=O) groups excluding carboxylic acids is 1. The van der Waals surface area contributed by atoms with E-state index in [1.807, 2.05) is 22.9 Å². The van der Waals surface area contributed by atoms with E-state index < -0.39 is 0 Å². The number of benzene rings is 1. The summed E-state index contributed by atoms with van der Waals surface area (Å²) in [5.74, 6) is -0.0705. The van der Waals surface area contributed by atoms with E-state index in [-0.39, 0.29) is 5.91 Å². The third kappa shape index (κ3) is 4.18. The van der Waals surface area contributed by atoms with Gasteiger partial charge in [0, 0.05) is 34.4 Å². The first-order chi connectivity index (χ1) is 9.16. The monoisotopic (exact) mass is 385 g/mol. The van der Waals surface area contributed by atoms with Crippen LogP contribution in [0.15, 0.2) is 45.9 Å². The Bertz CT molecular complexity index is 555. The van der Waals surface area contributed by atoms with Crippen LogP contribution in [0.3, 0.4) is 0 Å². The summed E-state index contributed by atoms with van der Waals surface area (Å²) < 4.78 is 3.67. The van der Waals surface area contributed by atoms with Crippen molar-refractivity contribution in [1.29, 1.82) is 0 Å². The molecule has 19 heavy (non-hydrogen) atoms. The predicted octanol–water partition coefficient (Wildman–Crippen LogP) is 3.23. The van der Waals surface area contributed by atoms with Crippen LogP contribution in [0, 0.1) is 0 Å². The quantitative estimate of drug-likeness (QED) is 0.802. The molecule has 0 fully saturated rings. The molecule has 0 saturated carbocycles. The lowest BCUT2D eigenvalue weighted by atomic mass is 10.2. The fraction of sp³-hybridized carbons (Fsp3) is 0.231. The molecular formula is C13H13Br2N3O. The highest BCUT2D eigenvalue weighted by Crippen LogP contribution is 2.21. The predicted molar refractivity (Wildman–Crippen MR) is 81.0 cm³/mol. The maximum atomic E-state index is 12.0. The lowest BCUT2D eigenvalue weighted by Crippen LogP contribution is -2.25. The summed E-state index contributed by atoms with van der Waals surface area (Å²) in [6.07, 6.45) is 6.30. The highest BCUT2D eigenvalue weighted by atomic mass is 79.9. The lowest BCUT2D eigenvalue weighted by Gasteiger charge is -2.07. The van der Waals surface area contributed by atoms with Crippen molar-refractivity contribution in [2.24, 2.45) is 0 Å². The van der Waals surface area contributed by atoms with Gasteiger partial charge in [0.15, 0.2) is 0 Å². The van der Waals surface area contributed by atoms with Gasteiger partial charge in [-0.15, -0.1) is 0 Å². The number of nitrogens with one attached hydrogen (secondary N) is 1. The van der Waals surface area contributed by atoms with Crippen molar-refractivity contribution in [2.75, 3.05) is 6.54 Å². The number of imidazole rings is 1. The number of halogens is 2. The van der Waals surface area contributed by atoms with Crippen LogP contribution in [0.4, 0.5) is 0 Å². The molecule has 0 aliphatic carbocycles. The van der Waals surface area contributed by atoms with Gasteiger partial charge in [-0.25, -0.2) is 4.98 Å². The molecule has 0 saturated heterocycles. The maximum absolute atomic E-state index is 12.0. The molecule has 4 nitrogen and oxygen atoms in total. The van der Waals surface area contributed by atoms with Crippen molar-refractivity contribution in [3.8, 4) is 0 Å². The highest BCUT2D eigenvalue weighted by Gasteiger charge is 2.09. The van der Waals surface area contributed by atoms with Gasteiger partial charge in [-0.3, -0.25) is 4.79 Å². The summed E-state index contributed by atoms with van der Waals surface area (Å²) in [6.45, 7) is 1.48. The van der Waals surface area contributed by atoms with E-state index >= 15 is 0 Å². The van der Waals surface area contributed by atoms with E-state index in [0.717, 1.165) is 21.9 Å². The minimum atomic E-state index is -0.0705. The fourth-order valence-electron chi connectivity index (χ4n) is 1.65. The second-order valence-electron chi connectivity index (χ2n) is 4.03. The van der Waals surface area contributed by atoms with E-state index in [0.29, 0.717) is 12.1 Å². The van der Waals surface area contributed by atoms with Crippen LogP contribution in [0.5, 0.6) is 0 Å². The molecule has 0 bridgehead atoms. The molecule has 0 atom stereocenters. The number of rotatable bonds is 5. The summed E-state index contributed by atoms with van der Waals surface area (Å²) in [5.41, 5.74) is 0.636. The summed E-state index contributed by atoms with van der Waals surface area (Å²) in [6, 6.07) is 5.54. The van der Waals surface area contributed by atoms with Gasteiger partial charge in [-0.2, -0.15) is 0 Å². The molecule has 100 valence electrons. The number of hydrogen-bond donors (Lipinski definition) is 1. The Hall–Kier alpha value is -1.14. The molecule has 2 aromatic rings. The molecule has 0 aliphatic rings. The maximum Gasteiger partial charge on any atom is 0.252 e. The molecule has 1 amide bonds. The Morgan fingerprint density at radius 1 is 1.37 bits per heavy atom. The van der Waals surface area contributed by atoms with Gasteiger partial charge in [0.25, 0.3) is 5.91 Å². The number of hydrogen-bond acceptors (Lipinski definition) is 2. The number of carbonyl (C=O) groups is 1. The van der Waals surface area contributed by atoms with Crippen molar-refractivity contribution >= 4 is 37.8 Å². The van der Waals surface area contributed by atoms with Gasteiger partial charge in [0.1, 0.15) is 0 Å². The summed E-state index contributed by atoms with van der Waals surface area (Å²) in [7, 11) is 0. The van der Waals surface area contributed by atoms with E-state index in [2.05, 4.69) is 42.2 Å². The molecule has 1 aromatic heterocycles. The second-order valence-corrected chi connectivity index (χ2v) is 5.80. The van der Waals surface area contributed by atoms with Crippen molar-refractivity contribution in [3.63, 3.8) is 0 Å². The molecule has 0 aliphatic heterocycles. The minimum Gasteiger partial charge on any atom is -0.352 e. The SMILES string of the molecule is O=C(NCCCn1ccnc1)c1cc(Br)ccc1Br. The van der Waals surface area contributed by atoms with Crippen LogP contribution >= 0.6 is 31.9 Å². The largest absolute Gasteiger partial charge is 0.352 e. The minimum absolute atomic E-state index is 0.0705. The van der Waals surface area contributed by atoms with Crippen LogP contribution in [0.2, 0.25) is 0 Å². The van der Waals surface area contributed by atoms with Crippen molar-refractivity contribution < 1.29 is 4.79 Å². The van der Waals surface area contributed by atoms with E-state index in [1.165, 1.54) is 0 Å². The average Bonchev–Trinajstić information content (AvgIpc) is 2.90. The molecular weight excluding hydrogens is 374 g/mol. The average molecular weight is 387 g/mol. The van der Waals surface area contributed by atoms with Crippen LogP contribution in [0.1, 0.15) is 16.8 Å². The zero-order valence-electron chi connectivity index (χ0n) is 10.1. The van der Waals surface area contributed by atoms with Crippen molar-refractivity contribution in [1.82, 2.24) is 14.9 Å². The van der Waals surface area contributed by atoms with Crippen LogP contribution in [-0.2, 0) is 6.54 Å². The number of amides is 1. The summed E-state index contributed by atoms with van der Waals surface area (Å²) in [5, 5.41) is 2.91. The Morgan fingerprint density at radius 2 is 2.21 bits per heavy atom. The van der Waals surface area contributed by atoms with Crippen LogP contribution in [0.25, 0.3) is 0 Å². The first-order valence-electron chi connectivity index (χ1n) is 5.86. The fourth-order valence-corrected chi connectivity index (χ4v) is 2.44. The zero-order chi connectivity index (χ0) is 13.7. The Labute approximate surface area is 128 Å². The Morgan fingerprint density at radius 3 is 2.95 bits per heavy atom. The standard InChI is InChI=1S/C13H13Br2N3O/c14-10-2-3-12(15)11(8-10)13(19)17-4-1-6-18-7-5-16-9-18/h2-3,5,7-9H,1,4,6H2,(H,17,19). The topological polar surface area (TPSA) is 46.9 Å². The van der Waals surface area contributed by atoms with E-state index in [9.17, 15) is 4.79 Å². The number of aromatic nitrogens is 2. The smallest absolute Gasteiger partial charge is 0.252 e. The molecule has 0 radical (unpaired) electrons. The number of aryl methyl sites for hydroxylation is 1. The summed E-state index contributed by atoms with van der Waals surface area (Å²) >= 11 is 6.74. The molecule has 6 heteroatoms. The number of nitrogens with zero attached hydrogens (tertiary/aromatic N) is 2. The normalized spacial score (nSPS) is 10.4. The van der Waals surface area contributed by atoms with Gasteiger partial charge in [-0.1, -0.05) is 15.9 Å². The Balaban J connectivity index is 1.82. The van der Waals surface area contributed by atoms with Crippen LogP contribution in [-0.4, -0.2) is 22.0 Å². The summed E-state index contributed by atoms with van der Waals surface area (Å²) in [4.78, 5) is 16.0. The highest BCUT2D eigenvalue weighted by molar-refractivity contribution is 9.11. The van der Waals surface area contributed by atoms with E-state index in [1.54, 1.807) is 18.6 Å². The third-order valence-corrected chi connectivity index (χ3v) is 3.80. The first-order valence-corrected chi connectivity index (χ1v) is 7.44. The van der Waals surface area contributed by atoms with Gasteiger partial charge in [0.2, 0.25) is 0 Å². The van der Waals surface area contributed by atoms with Crippen molar-refractivity contribution in [2.45, 2.75) is 13.0 Å². The van der Waals surface area contributed by atoms with Gasteiger partial charge < -0.3 is 9.88 Å². The molecule has 2 rings (SSSR count). The van der Waals surface area contributed by atoms with Gasteiger partial charge in [0.05, 0.1) is 11.9 Å². The Kier molecular flexibility index (Phi) is 5.15. The lowest BCUT2D eigenvalue weighted by molar-refractivity contribution is 0.0952. The molecule has 1 N–H and O–H groups in total. The molecule has 1 aromatic carbocycles. The van der Waals surface area contributed by atoms with E-state index in [4.69, 9.17) is 0 Å². The zero-order valence-corrected chi connectivity index (χ0v) is 13.3. The van der Waals surface area contributed by atoms with Crippen LogP contribution < -0.4 is 5.32 Å².